The van der Waals surface area contributed by atoms with E-state index in [1.54, 1.807) is 0 Å². The van der Waals surface area contributed by atoms with E-state index in [1.807, 2.05) is 30.5 Å². The van der Waals surface area contributed by atoms with Gasteiger partial charge in [-0.05, 0) is 68.1 Å². The summed E-state index contributed by atoms with van der Waals surface area (Å²) < 4.78 is 12.5. The monoisotopic (exact) mass is 536 g/mol. The molecule has 196 valence electrons. The fourth-order valence-corrected chi connectivity index (χ4v) is 6.74. The Kier molecular flexibility index (Phi) is 4.93. The fraction of sp³-hybridized carbons (Fsp3) is 0. The minimum Gasteiger partial charge on any atom is -0.464 e. The van der Waals surface area contributed by atoms with Gasteiger partial charge in [-0.15, -0.1) is 0 Å². The molecule has 0 amide bonds. The molecule has 0 aliphatic rings. The summed E-state index contributed by atoms with van der Waals surface area (Å²) in [5.41, 5.74) is 9.75. The van der Waals surface area contributed by atoms with Crippen LogP contribution in [-0.2, 0) is 0 Å². The van der Waals surface area contributed by atoms with Gasteiger partial charge in [0.15, 0.2) is 0 Å². The maximum atomic E-state index is 6.28. The second-order valence-electron chi connectivity index (χ2n) is 10.8. The van der Waals surface area contributed by atoms with Gasteiger partial charge in [-0.1, -0.05) is 115 Å². The number of para-hydroxylation sites is 1. The first-order chi connectivity index (χ1) is 20.8. The highest BCUT2D eigenvalue weighted by atomic mass is 16.3. The quantitative estimate of drug-likeness (QED) is 0.210. The number of hydrogen-bond acceptors (Lipinski definition) is 2. The zero-order valence-corrected chi connectivity index (χ0v) is 22.7. The van der Waals surface area contributed by atoms with Crippen LogP contribution < -0.4 is 0 Å². The Labute approximate surface area is 242 Å². The first-order valence-electron chi connectivity index (χ1n) is 14.3. The summed E-state index contributed by atoms with van der Waals surface area (Å²) in [6.07, 6.45) is 1.93. The number of furan rings is 2. The van der Waals surface area contributed by atoms with E-state index in [2.05, 4.69) is 115 Å². The summed E-state index contributed by atoms with van der Waals surface area (Å²) in [4.78, 5) is 0. The van der Waals surface area contributed by atoms with E-state index in [1.165, 1.54) is 49.4 Å². The van der Waals surface area contributed by atoms with Crippen LogP contribution in [0.3, 0.4) is 0 Å². The number of hydrogen-bond donors (Lipinski definition) is 0. The van der Waals surface area contributed by atoms with Crippen LogP contribution >= 0.6 is 0 Å². The summed E-state index contributed by atoms with van der Waals surface area (Å²) in [6.45, 7) is 0. The van der Waals surface area contributed by atoms with Crippen molar-refractivity contribution in [1.29, 1.82) is 0 Å². The van der Waals surface area contributed by atoms with Crippen LogP contribution in [0, 0.1) is 0 Å². The van der Waals surface area contributed by atoms with E-state index in [4.69, 9.17) is 8.83 Å². The van der Waals surface area contributed by atoms with E-state index in [0.717, 1.165) is 38.5 Å². The zero-order valence-electron chi connectivity index (χ0n) is 22.7. The van der Waals surface area contributed by atoms with Crippen LogP contribution in [0.5, 0.6) is 0 Å². The molecule has 2 heteroatoms. The predicted octanol–water partition coefficient (Wildman–Crippen LogP) is 11.6. The van der Waals surface area contributed by atoms with Crippen LogP contribution in [0.1, 0.15) is 0 Å². The van der Waals surface area contributed by atoms with Gasteiger partial charge in [-0.3, -0.25) is 0 Å². The van der Waals surface area contributed by atoms with Gasteiger partial charge in [0.2, 0.25) is 0 Å². The molecule has 0 aliphatic heterocycles. The van der Waals surface area contributed by atoms with E-state index < -0.39 is 0 Å². The van der Waals surface area contributed by atoms with E-state index >= 15 is 0 Å². The van der Waals surface area contributed by atoms with Gasteiger partial charge >= 0.3 is 0 Å². The lowest BCUT2D eigenvalue weighted by atomic mass is 9.85. The molecule has 0 unspecified atom stereocenters. The van der Waals surface area contributed by atoms with Crippen molar-refractivity contribution in [2.45, 2.75) is 0 Å². The average Bonchev–Trinajstić information content (AvgIpc) is 3.65. The third kappa shape index (κ3) is 3.33. The van der Waals surface area contributed by atoms with Crippen LogP contribution in [-0.4, -0.2) is 0 Å². The predicted molar refractivity (Wildman–Crippen MR) is 175 cm³/mol. The Morgan fingerprint density at radius 1 is 0.357 bits per heavy atom. The highest BCUT2D eigenvalue weighted by Crippen LogP contribution is 2.48. The second-order valence-corrected chi connectivity index (χ2v) is 10.8. The fourth-order valence-electron chi connectivity index (χ4n) is 6.74. The third-order valence-electron chi connectivity index (χ3n) is 8.54. The van der Waals surface area contributed by atoms with Gasteiger partial charge in [0.1, 0.15) is 16.7 Å². The number of rotatable bonds is 3. The summed E-state index contributed by atoms with van der Waals surface area (Å²) in [5, 5.41) is 8.12. The van der Waals surface area contributed by atoms with Crippen molar-refractivity contribution in [3.63, 3.8) is 0 Å². The zero-order chi connectivity index (χ0) is 27.6. The van der Waals surface area contributed by atoms with Gasteiger partial charge in [-0.2, -0.15) is 0 Å². The number of benzene rings is 7. The van der Waals surface area contributed by atoms with E-state index in [-0.39, 0.29) is 0 Å². The third-order valence-corrected chi connectivity index (χ3v) is 8.54. The van der Waals surface area contributed by atoms with Crippen LogP contribution in [0.15, 0.2) is 155 Å². The molecule has 0 saturated heterocycles. The second kappa shape index (κ2) is 8.95. The Balaban J connectivity index is 1.40. The van der Waals surface area contributed by atoms with Crippen molar-refractivity contribution in [2.24, 2.45) is 0 Å². The minimum atomic E-state index is 0.858. The SMILES string of the molecule is c1ccc(-c2cccc(-c3c4ccccc4c(-c4coc5ccc6oc7ccccc7c6c45)c4ccccc34)c2)cc1. The molecule has 0 spiro atoms. The van der Waals surface area contributed by atoms with Gasteiger partial charge in [-0.25, -0.2) is 0 Å². The van der Waals surface area contributed by atoms with Crippen LogP contribution in [0.4, 0.5) is 0 Å². The van der Waals surface area contributed by atoms with E-state index in [0.29, 0.717) is 0 Å². The molecule has 9 aromatic rings. The maximum Gasteiger partial charge on any atom is 0.136 e. The van der Waals surface area contributed by atoms with Crippen LogP contribution in [0.2, 0.25) is 0 Å². The smallest absolute Gasteiger partial charge is 0.136 e. The molecule has 2 heterocycles. The summed E-state index contributed by atoms with van der Waals surface area (Å²) in [5.74, 6) is 0. The molecule has 0 N–H and O–H groups in total. The topological polar surface area (TPSA) is 26.3 Å². The lowest BCUT2D eigenvalue weighted by molar-refractivity contribution is 0.616. The van der Waals surface area contributed by atoms with Gasteiger partial charge in [0, 0.05) is 27.3 Å². The molecule has 7 aromatic carbocycles. The molecule has 2 nitrogen and oxygen atoms in total. The average molecular weight is 537 g/mol. The molecule has 0 aliphatic carbocycles. The van der Waals surface area contributed by atoms with Crippen molar-refractivity contribution in [2.75, 3.05) is 0 Å². The maximum absolute atomic E-state index is 6.28. The van der Waals surface area contributed by atoms with Crippen molar-refractivity contribution < 1.29 is 8.83 Å². The van der Waals surface area contributed by atoms with Crippen molar-refractivity contribution in [1.82, 2.24) is 0 Å². The van der Waals surface area contributed by atoms with Gasteiger partial charge in [0.25, 0.3) is 0 Å². The normalized spacial score (nSPS) is 11.8. The Morgan fingerprint density at radius 2 is 0.929 bits per heavy atom. The Hall–Kier alpha value is -5.60. The van der Waals surface area contributed by atoms with Crippen molar-refractivity contribution in [3.8, 4) is 33.4 Å². The minimum absolute atomic E-state index is 0.858. The van der Waals surface area contributed by atoms with Crippen LogP contribution in [0.25, 0.3) is 87.8 Å². The summed E-state index contributed by atoms with van der Waals surface area (Å²) >= 11 is 0. The molecule has 0 saturated carbocycles. The molecule has 2 aromatic heterocycles. The largest absolute Gasteiger partial charge is 0.464 e. The summed E-state index contributed by atoms with van der Waals surface area (Å²) in [6, 6.07) is 49.3. The Morgan fingerprint density at radius 3 is 1.67 bits per heavy atom. The highest BCUT2D eigenvalue weighted by Gasteiger charge is 2.22. The van der Waals surface area contributed by atoms with Crippen molar-refractivity contribution >= 4 is 54.5 Å². The molecule has 0 atom stereocenters. The molecular weight excluding hydrogens is 512 g/mol. The Bertz CT molecular complexity index is 2400. The molecule has 42 heavy (non-hydrogen) atoms. The summed E-state index contributed by atoms with van der Waals surface area (Å²) in [7, 11) is 0. The number of fused-ring (bicyclic) bond motifs is 7. The first kappa shape index (κ1) is 23.1. The molecule has 0 radical (unpaired) electrons. The van der Waals surface area contributed by atoms with E-state index in [9.17, 15) is 0 Å². The van der Waals surface area contributed by atoms with Crippen molar-refractivity contribution in [3.05, 3.63) is 146 Å². The molecular formula is C40H24O2. The lowest BCUT2D eigenvalue weighted by Gasteiger charge is -2.17. The molecule has 0 bridgehead atoms. The molecule has 9 rings (SSSR count). The van der Waals surface area contributed by atoms with Gasteiger partial charge < -0.3 is 8.83 Å². The highest BCUT2D eigenvalue weighted by molar-refractivity contribution is 6.28. The standard InChI is InChI=1S/C40H24O2/c1-2-11-25(12-3-1)26-13-10-14-27(23-26)37-28-15-4-6-17-30(28)38(31-18-7-5-16-29(31)37)33-24-41-35-21-22-36-39(40(33)35)32-19-8-9-20-34(32)42-36/h1-24H. The lowest BCUT2D eigenvalue weighted by Crippen LogP contribution is -1.91. The van der Waals surface area contributed by atoms with Gasteiger partial charge in [0.05, 0.1) is 6.26 Å². The molecule has 0 fully saturated rings. The first-order valence-corrected chi connectivity index (χ1v) is 14.3.